The van der Waals surface area contributed by atoms with Crippen LogP contribution in [-0.2, 0) is 11.3 Å². The minimum Gasteiger partial charge on any atom is -0.507 e. The van der Waals surface area contributed by atoms with Gasteiger partial charge in [-0.3, -0.25) is 0 Å². The van der Waals surface area contributed by atoms with E-state index in [2.05, 4.69) is 20.7 Å². The number of amides is 1. The fourth-order valence-electron chi connectivity index (χ4n) is 0.842. The lowest BCUT2D eigenvalue weighted by Crippen LogP contribution is -2.12. The predicted octanol–water partition coefficient (Wildman–Crippen LogP) is 1.89. The molecule has 14 heavy (non-hydrogen) atoms. The van der Waals surface area contributed by atoms with Gasteiger partial charge >= 0.3 is 6.09 Å². The number of halogens is 2. The Hall–Kier alpha value is -1.30. The first-order valence-corrected chi connectivity index (χ1v) is 4.39. The number of ether oxygens (including phenoxy) is 1. The summed E-state index contributed by atoms with van der Waals surface area (Å²) in [5.41, 5.74) is 5.00. The first kappa shape index (κ1) is 10.8. The van der Waals surface area contributed by atoms with Crippen molar-refractivity contribution in [3.63, 3.8) is 0 Å². The summed E-state index contributed by atoms with van der Waals surface area (Å²) < 4.78 is 17.4. The number of primary amides is 1. The fraction of sp³-hybridized carbons (Fsp3) is 0.125. The van der Waals surface area contributed by atoms with Crippen molar-refractivity contribution in [1.82, 2.24) is 0 Å². The summed E-state index contributed by atoms with van der Waals surface area (Å²) in [6.45, 7) is -0.194. The van der Waals surface area contributed by atoms with Crippen molar-refractivity contribution < 1.29 is 19.0 Å². The van der Waals surface area contributed by atoms with Crippen LogP contribution in [0, 0.1) is 5.82 Å². The molecule has 4 nitrogen and oxygen atoms in total. The van der Waals surface area contributed by atoms with E-state index in [1.165, 1.54) is 6.07 Å². The molecule has 0 saturated heterocycles. The second kappa shape index (κ2) is 4.28. The summed E-state index contributed by atoms with van der Waals surface area (Å²) in [6, 6.07) is 2.23. The zero-order chi connectivity index (χ0) is 10.7. The molecule has 0 saturated carbocycles. The highest BCUT2D eigenvalue weighted by Crippen LogP contribution is 2.25. The molecule has 0 aromatic heterocycles. The minimum absolute atomic E-state index is 0.179. The summed E-state index contributed by atoms with van der Waals surface area (Å²) >= 11 is 2.93. The molecule has 1 rings (SSSR count). The van der Waals surface area contributed by atoms with Gasteiger partial charge in [-0.15, -0.1) is 0 Å². The molecule has 0 aliphatic heterocycles. The van der Waals surface area contributed by atoms with Gasteiger partial charge in [0.05, 0.1) is 4.47 Å². The van der Waals surface area contributed by atoms with Crippen molar-refractivity contribution in [1.29, 1.82) is 0 Å². The lowest BCUT2D eigenvalue weighted by molar-refractivity contribution is 0.149. The van der Waals surface area contributed by atoms with Crippen LogP contribution < -0.4 is 5.73 Å². The molecule has 6 heteroatoms. The van der Waals surface area contributed by atoms with Crippen molar-refractivity contribution in [2.75, 3.05) is 0 Å². The van der Waals surface area contributed by atoms with Gasteiger partial charge in [-0.25, -0.2) is 9.18 Å². The molecular weight excluding hydrogens is 257 g/mol. The van der Waals surface area contributed by atoms with Crippen molar-refractivity contribution in [2.45, 2.75) is 6.61 Å². The quantitative estimate of drug-likeness (QED) is 0.856. The highest BCUT2D eigenvalue weighted by molar-refractivity contribution is 9.10. The fourth-order valence-corrected chi connectivity index (χ4v) is 1.23. The minimum atomic E-state index is -0.954. The summed E-state index contributed by atoms with van der Waals surface area (Å²) in [5, 5.41) is 9.24. The smallest absolute Gasteiger partial charge is 0.404 e. The van der Waals surface area contributed by atoms with E-state index in [1.54, 1.807) is 0 Å². The maximum atomic E-state index is 12.8. The van der Waals surface area contributed by atoms with Crippen LogP contribution in [0.5, 0.6) is 5.75 Å². The van der Waals surface area contributed by atoms with E-state index in [-0.39, 0.29) is 22.4 Å². The Kier molecular flexibility index (Phi) is 3.29. The van der Waals surface area contributed by atoms with Gasteiger partial charge in [0.1, 0.15) is 18.2 Å². The third-order valence-electron chi connectivity index (χ3n) is 1.49. The normalized spacial score (nSPS) is 9.86. The monoisotopic (exact) mass is 263 g/mol. The van der Waals surface area contributed by atoms with Gasteiger partial charge in [-0.1, -0.05) is 0 Å². The molecular formula is C8H7BrFNO3. The van der Waals surface area contributed by atoms with Gasteiger partial charge < -0.3 is 15.6 Å². The molecule has 0 bridgehead atoms. The number of phenolic OH excluding ortho intramolecular Hbond substituents is 1. The van der Waals surface area contributed by atoms with Crippen molar-refractivity contribution in [3.8, 4) is 5.75 Å². The van der Waals surface area contributed by atoms with Gasteiger partial charge in [0.15, 0.2) is 0 Å². The van der Waals surface area contributed by atoms with Crippen LogP contribution in [0.2, 0.25) is 0 Å². The van der Waals surface area contributed by atoms with Gasteiger partial charge in [-0.2, -0.15) is 0 Å². The predicted molar refractivity (Wildman–Crippen MR) is 50.1 cm³/mol. The number of hydrogen-bond donors (Lipinski definition) is 2. The summed E-state index contributed by atoms with van der Waals surface area (Å²) in [6.07, 6.45) is -0.954. The second-order valence-electron chi connectivity index (χ2n) is 2.50. The van der Waals surface area contributed by atoms with Crippen LogP contribution in [0.25, 0.3) is 0 Å². The Bertz CT molecular complexity index is 370. The highest BCUT2D eigenvalue weighted by Gasteiger charge is 2.08. The zero-order valence-electron chi connectivity index (χ0n) is 6.96. The number of aromatic hydroxyl groups is 1. The topological polar surface area (TPSA) is 72.6 Å². The van der Waals surface area contributed by atoms with Gasteiger partial charge in [-0.05, 0) is 22.0 Å². The number of phenols is 1. The van der Waals surface area contributed by atoms with Crippen LogP contribution in [0.15, 0.2) is 16.6 Å². The van der Waals surface area contributed by atoms with Gasteiger partial charge in [0.2, 0.25) is 0 Å². The van der Waals surface area contributed by atoms with Crippen LogP contribution in [0.4, 0.5) is 9.18 Å². The van der Waals surface area contributed by atoms with E-state index >= 15 is 0 Å². The molecule has 0 radical (unpaired) electrons. The molecule has 1 aromatic carbocycles. The highest BCUT2D eigenvalue weighted by atomic mass is 79.9. The molecule has 0 heterocycles. The first-order valence-electron chi connectivity index (χ1n) is 3.60. The second-order valence-corrected chi connectivity index (χ2v) is 3.36. The first-order chi connectivity index (χ1) is 6.50. The molecule has 0 fully saturated rings. The summed E-state index contributed by atoms with van der Waals surface area (Å²) in [4.78, 5) is 10.3. The van der Waals surface area contributed by atoms with Crippen molar-refractivity contribution >= 4 is 22.0 Å². The van der Waals surface area contributed by atoms with Crippen molar-refractivity contribution in [2.24, 2.45) is 5.73 Å². The Morgan fingerprint density at radius 3 is 2.86 bits per heavy atom. The van der Waals surface area contributed by atoms with Crippen LogP contribution in [0.1, 0.15) is 5.56 Å². The lowest BCUT2D eigenvalue weighted by atomic mass is 10.2. The van der Waals surface area contributed by atoms with Gasteiger partial charge in [0.25, 0.3) is 0 Å². The SMILES string of the molecule is NC(=O)OCc1cc(Br)c(F)cc1O. The maximum Gasteiger partial charge on any atom is 0.404 e. The standard InChI is InChI=1S/C8H7BrFNO3/c9-5-1-4(3-14-8(11)13)7(12)2-6(5)10/h1-2,12H,3H2,(H2,11,13). The number of carbonyl (C=O) groups is 1. The largest absolute Gasteiger partial charge is 0.507 e. The summed E-state index contributed by atoms with van der Waals surface area (Å²) in [5.74, 6) is -0.878. The lowest BCUT2D eigenvalue weighted by Gasteiger charge is -2.05. The average Bonchev–Trinajstić information content (AvgIpc) is 2.09. The molecule has 0 unspecified atom stereocenters. The Labute approximate surface area is 87.6 Å². The molecule has 0 atom stereocenters. The van der Waals surface area contributed by atoms with E-state index in [9.17, 15) is 14.3 Å². The third-order valence-corrected chi connectivity index (χ3v) is 2.10. The average molecular weight is 264 g/mol. The van der Waals surface area contributed by atoms with Crippen molar-refractivity contribution in [3.05, 3.63) is 28.0 Å². The van der Waals surface area contributed by atoms with E-state index < -0.39 is 11.9 Å². The van der Waals surface area contributed by atoms with Crippen LogP contribution in [0.3, 0.4) is 0 Å². The number of benzene rings is 1. The van der Waals surface area contributed by atoms with E-state index in [4.69, 9.17) is 5.73 Å². The Morgan fingerprint density at radius 1 is 1.64 bits per heavy atom. The molecule has 1 amide bonds. The van der Waals surface area contributed by atoms with Crippen LogP contribution >= 0.6 is 15.9 Å². The molecule has 3 N–H and O–H groups in total. The van der Waals surface area contributed by atoms with E-state index in [1.807, 2.05) is 0 Å². The summed E-state index contributed by atoms with van der Waals surface area (Å²) in [7, 11) is 0. The number of nitrogens with two attached hydrogens (primary N) is 1. The third kappa shape index (κ3) is 2.59. The molecule has 1 aromatic rings. The number of rotatable bonds is 2. The molecule has 0 aliphatic rings. The van der Waals surface area contributed by atoms with Crippen LogP contribution in [-0.4, -0.2) is 11.2 Å². The Balaban J connectivity index is 2.87. The zero-order valence-corrected chi connectivity index (χ0v) is 8.54. The molecule has 76 valence electrons. The maximum absolute atomic E-state index is 12.8. The van der Waals surface area contributed by atoms with E-state index in [0.717, 1.165) is 6.07 Å². The van der Waals surface area contributed by atoms with E-state index in [0.29, 0.717) is 0 Å². The molecule has 0 aliphatic carbocycles. The molecule has 0 spiro atoms. The Morgan fingerprint density at radius 2 is 2.29 bits per heavy atom. The van der Waals surface area contributed by atoms with Gasteiger partial charge in [0, 0.05) is 11.6 Å². The number of carbonyl (C=O) groups excluding carboxylic acids is 1. The number of hydrogen-bond acceptors (Lipinski definition) is 3.